The molecule has 3 aromatic rings. The molecule has 2 saturated heterocycles. The average Bonchev–Trinajstić information content (AvgIpc) is 3.87. The van der Waals surface area contributed by atoms with Gasteiger partial charge in [0.25, 0.3) is 0 Å². The highest BCUT2D eigenvalue weighted by Crippen LogP contribution is 2.42. The van der Waals surface area contributed by atoms with Crippen molar-refractivity contribution in [1.82, 2.24) is 0 Å². The maximum atomic E-state index is 11.9. The summed E-state index contributed by atoms with van der Waals surface area (Å²) in [6.45, 7) is 12.6. The molecular weight excluding hydrogens is 512 g/mol. The van der Waals surface area contributed by atoms with Gasteiger partial charge in [-0.05, 0) is 61.4 Å². The summed E-state index contributed by atoms with van der Waals surface area (Å²) in [5, 5.41) is 0. The van der Waals surface area contributed by atoms with Gasteiger partial charge in [-0.2, -0.15) is 0 Å². The monoisotopic (exact) mass is 542 g/mol. The largest absolute Gasteiger partial charge is 0.490 e. The Morgan fingerprint density at radius 3 is 1.35 bits per heavy atom. The first-order valence-corrected chi connectivity index (χ1v) is 12.9. The van der Waals surface area contributed by atoms with Gasteiger partial charge in [0, 0.05) is 22.3 Å². The molecule has 0 radical (unpaired) electrons. The van der Waals surface area contributed by atoms with Crippen LogP contribution in [-0.4, -0.2) is 50.6 Å². The summed E-state index contributed by atoms with van der Waals surface area (Å²) in [7, 11) is 0. The smallest absolute Gasteiger partial charge is 0.338 e. The molecule has 8 nitrogen and oxygen atoms in total. The molecule has 2 atom stereocenters. The molecule has 0 bridgehead atoms. The van der Waals surface area contributed by atoms with Crippen molar-refractivity contribution in [2.75, 3.05) is 26.4 Å². The molecule has 2 fully saturated rings. The Kier molecular flexibility index (Phi) is 8.00. The van der Waals surface area contributed by atoms with Crippen molar-refractivity contribution in [1.29, 1.82) is 0 Å². The van der Waals surface area contributed by atoms with Crippen LogP contribution in [-0.2, 0) is 19.1 Å². The van der Waals surface area contributed by atoms with Gasteiger partial charge in [-0.1, -0.05) is 37.4 Å². The van der Waals surface area contributed by atoms with E-state index in [1.54, 1.807) is 38.1 Å². The van der Waals surface area contributed by atoms with Crippen molar-refractivity contribution < 1.29 is 38.0 Å². The van der Waals surface area contributed by atoms with Gasteiger partial charge in [0.2, 0.25) is 0 Å². The van der Waals surface area contributed by atoms with E-state index >= 15 is 0 Å². The molecule has 0 aromatic heterocycles. The minimum absolute atomic E-state index is 0.0606. The van der Waals surface area contributed by atoms with Crippen LogP contribution in [0.5, 0.6) is 23.0 Å². The zero-order chi connectivity index (χ0) is 28.2. The van der Waals surface area contributed by atoms with Crippen LogP contribution in [0.2, 0.25) is 0 Å². The highest BCUT2D eigenvalue weighted by atomic mass is 16.6. The Balaban J connectivity index is 1.49. The van der Waals surface area contributed by atoms with Crippen molar-refractivity contribution in [3.63, 3.8) is 0 Å². The van der Waals surface area contributed by atoms with Crippen molar-refractivity contribution in [3.8, 4) is 45.3 Å². The van der Waals surface area contributed by atoms with E-state index in [1.807, 2.05) is 36.4 Å². The molecular formula is C32H30O8. The molecule has 206 valence electrons. The van der Waals surface area contributed by atoms with Crippen LogP contribution in [0.3, 0.4) is 0 Å². The number of epoxide rings is 2. The third kappa shape index (κ3) is 6.97. The molecule has 3 aromatic carbocycles. The van der Waals surface area contributed by atoms with E-state index in [-0.39, 0.29) is 12.2 Å². The summed E-state index contributed by atoms with van der Waals surface area (Å²) in [6, 6.07) is 18.2. The van der Waals surface area contributed by atoms with Gasteiger partial charge in [0.05, 0.1) is 13.2 Å². The summed E-state index contributed by atoms with van der Waals surface area (Å²) >= 11 is 0. The molecule has 0 N–H and O–H groups in total. The first-order chi connectivity index (χ1) is 19.3. The lowest BCUT2D eigenvalue weighted by molar-refractivity contribution is -0.130. The Labute approximate surface area is 232 Å². The molecule has 2 heterocycles. The number of esters is 2. The minimum atomic E-state index is -0.482. The lowest BCUT2D eigenvalue weighted by Crippen LogP contribution is -2.09. The average molecular weight is 543 g/mol. The number of carbonyl (C=O) groups is 2. The van der Waals surface area contributed by atoms with Gasteiger partial charge < -0.3 is 28.4 Å². The molecule has 0 amide bonds. The number of hydrogen-bond acceptors (Lipinski definition) is 8. The zero-order valence-electron chi connectivity index (χ0n) is 22.4. The maximum Gasteiger partial charge on any atom is 0.338 e. The Bertz CT molecular complexity index is 1320. The van der Waals surface area contributed by atoms with Crippen molar-refractivity contribution >= 4 is 11.9 Å². The van der Waals surface area contributed by atoms with Crippen LogP contribution < -0.4 is 18.9 Å². The Morgan fingerprint density at radius 1 is 0.700 bits per heavy atom. The zero-order valence-corrected chi connectivity index (χ0v) is 22.4. The molecule has 5 rings (SSSR count). The number of benzene rings is 3. The van der Waals surface area contributed by atoms with E-state index < -0.39 is 11.9 Å². The second kappa shape index (κ2) is 11.8. The molecule has 40 heavy (non-hydrogen) atoms. The van der Waals surface area contributed by atoms with Gasteiger partial charge in [0.1, 0.15) is 48.4 Å². The Morgan fingerprint density at radius 2 is 1.05 bits per heavy atom. The molecule has 2 aliphatic rings. The fourth-order valence-corrected chi connectivity index (χ4v) is 3.74. The van der Waals surface area contributed by atoms with Gasteiger partial charge >= 0.3 is 11.9 Å². The quantitative estimate of drug-likeness (QED) is 0.127. The van der Waals surface area contributed by atoms with E-state index in [9.17, 15) is 9.59 Å². The van der Waals surface area contributed by atoms with Crippen molar-refractivity contribution in [2.24, 2.45) is 0 Å². The first-order valence-electron chi connectivity index (χ1n) is 12.9. The van der Waals surface area contributed by atoms with Crippen LogP contribution in [0, 0.1) is 0 Å². The number of ether oxygens (including phenoxy) is 6. The second-order valence-corrected chi connectivity index (χ2v) is 9.77. The summed E-state index contributed by atoms with van der Waals surface area (Å²) < 4.78 is 33.8. The minimum Gasteiger partial charge on any atom is -0.490 e. The van der Waals surface area contributed by atoms with Crippen LogP contribution >= 0.6 is 0 Å². The van der Waals surface area contributed by atoms with Gasteiger partial charge in [0.15, 0.2) is 0 Å². The predicted molar refractivity (Wildman–Crippen MR) is 149 cm³/mol. The van der Waals surface area contributed by atoms with Crippen molar-refractivity contribution in [3.05, 3.63) is 85.0 Å². The first kappa shape index (κ1) is 27.2. The Hall–Kier alpha value is -4.40. The highest BCUT2D eigenvalue weighted by molar-refractivity contribution is 5.89. The van der Waals surface area contributed by atoms with E-state index in [0.717, 1.165) is 22.3 Å². The maximum absolute atomic E-state index is 11.9. The molecule has 8 heteroatoms. The van der Waals surface area contributed by atoms with Crippen molar-refractivity contribution in [2.45, 2.75) is 26.1 Å². The molecule has 2 aliphatic heterocycles. The van der Waals surface area contributed by atoms with Crippen LogP contribution in [0.1, 0.15) is 13.8 Å². The molecule has 0 saturated carbocycles. The number of hydrogen-bond donors (Lipinski definition) is 0. The van der Waals surface area contributed by atoms with E-state index in [1.165, 1.54) is 0 Å². The van der Waals surface area contributed by atoms with Crippen LogP contribution in [0.15, 0.2) is 85.0 Å². The van der Waals surface area contributed by atoms with E-state index in [4.69, 9.17) is 28.4 Å². The van der Waals surface area contributed by atoms with Gasteiger partial charge in [-0.3, -0.25) is 0 Å². The van der Waals surface area contributed by atoms with E-state index in [0.29, 0.717) is 60.6 Å². The van der Waals surface area contributed by atoms with E-state index in [2.05, 4.69) is 13.2 Å². The SMILES string of the molecule is C=C(C)C(=O)Oc1ccc(-c2cc(OCC3CO3)c(-c3ccc(OC(=O)C(=C)C)cc3)cc2OCC2CO2)cc1. The van der Waals surface area contributed by atoms with Gasteiger partial charge in [-0.25, -0.2) is 9.59 Å². The molecule has 2 unspecified atom stereocenters. The number of rotatable bonds is 12. The normalized spacial score (nSPS) is 16.9. The summed E-state index contributed by atoms with van der Waals surface area (Å²) in [6.07, 6.45) is 0.121. The molecule has 0 spiro atoms. The standard InChI is InChI=1S/C32H30O8/c1-19(2)31(33)39-23-9-5-21(6-10-23)27-13-30(38-18-26-16-36-26)28(14-29(27)37-17-25-15-35-25)22-7-11-24(12-8-22)40-32(34)20(3)4/h5-14,25-26H,1,3,15-18H2,2,4H3. The lowest BCUT2D eigenvalue weighted by Gasteiger charge is -2.18. The lowest BCUT2D eigenvalue weighted by atomic mass is 9.97. The fourth-order valence-electron chi connectivity index (χ4n) is 3.74. The summed E-state index contributed by atoms with van der Waals surface area (Å²) in [5.41, 5.74) is 3.95. The third-order valence-corrected chi connectivity index (χ3v) is 6.18. The third-order valence-electron chi connectivity index (χ3n) is 6.18. The topological polar surface area (TPSA) is 96.1 Å². The van der Waals surface area contributed by atoms with Crippen LogP contribution in [0.4, 0.5) is 0 Å². The molecule has 0 aliphatic carbocycles. The fraction of sp³-hybridized carbons (Fsp3) is 0.250. The second-order valence-electron chi connectivity index (χ2n) is 9.77. The summed E-state index contributed by atoms with van der Waals surface area (Å²) in [4.78, 5) is 23.8. The number of carbonyl (C=O) groups excluding carboxylic acids is 2. The van der Waals surface area contributed by atoms with Gasteiger partial charge in [-0.15, -0.1) is 0 Å². The predicted octanol–water partition coefficient (Wildman–Crippen LogP) is 5.54. The highest BCUT2D eigenvalue weighted by Gasteiger charge is 2.26. The summed E-state index contributed by atoms with van der Waals surface area (Å²) in [5.74, 6) is 1.15. The van der Waals surface area contributed by atoms with Crippen LogP contribution in [0.25, 0.3) is 22.3 Å².